The molecule has 6 nitrogen and oxygen atoms in total. The molecule has 24 heavy (non-hydrogen) atoms. The summed E-state index contributed by atoms with van der Waals surface area (Å²) in [5.41, 5.74) is 3.59. The van der Waals surface area contributed by atoms with E-state index in [1.165, 1.54) is 5.56 Å². The van der Waals surface area contributed by atoms with Crippen LogP contribution in [0.5, 0.6) is 0 Å². The minimum Gasteiger partial charge on any atom is -0.375 e. The molecule has 1 aromatic rings. The summed E-state index contributed by atoms with van der Waals surface area (Å²) in [6.07, 6.45) is 6.23. The van der Waals surface area contributed by atoms with Crippen LogP contribution >= 0.6 is 0 Å². The van der Waals surface area contributed by atoms with Crippen LogP contribution in [-0.4, -0.2) is 67.2 Å². The van der Waals surface area contributed by atoms with E-state index in [2.05, 4.69) is 9.88 Å². The lowest BCUT2D eigenvalue weighted by Crippen LogP contribution is -2.42. The Hall–Kier alpha value is -1.50. The molecule has 0 unspecified atom stereocenters. The summed E-state index contributed by atoms with van der Waals surface area (Å²) >= 11 is 0. The topological polar surface area (TPSA) is 54.9 Å². The van der Waals surface area contributed by atoms with Crippen molar-refractivity contribution in [3.63, 3.8) is 0 Å². The van der Waals surface area contributed by atoms with Crippen molar-refractivity contribution >= 4 is 5.91 Å². The van der Waals surface area contributed by atoms with Crippen molar-refractivity contribution < 1.29 is 14.3 Å². The number of aromatic nitrogens is 1. The van der Waals surface area contributed by atoms with E-state index in [-0.39, 0.29) is 12.0 Å². The zero-order chi connectivity index (χ0) is 16.9. The minimum absolute atomic E-state index is 0.130. The molecule has 1 aromatic heterocycles. The van der Waals surface area contributed by atoms with E-state index in [4.69, 9.17) is 9.47 Å². The van der Waals surface area contributed by atoms with E-state index in [0.717, 1.165) is 43.5 Å². The van der Waals surface area contributed by atoms with Crippen LogP contribution in [0, 0.1) is 0 Å². The first-order valence-electron chi connectivity index (χ1n) is 8.72. The highest BCUT2D eigenvalue weighted by Crippen LogP contribution is 2.24. The molecule has 1 atom stereocenters. The predicted molar refractivity (Wildman–Crippen MR) is 90.5 cm³/mol. The molecule has 1 saturated heterocycles. The second-order valence-electron chi connectivity index (χ2n) is 6.80. The summed E-state index contributed by atoms with van der Waals surface area (Å²) in [7, 11) is 4.07. The number of nitrogens with zero attached hydrogens (tertiary/aromatic N) is 3. The van der Waals surface area contributed by atoms with Crippen molar-refractivity contribution in [1.82, 2.24) is 14.8 Å². The lowest BCUT2D eigenvalue weighted by Gasteiger charge is -2.31. The maximum atomic E-state index is 12.5. The van der Waals surface area contributed by atoms with Gasteiger partial charge in [0.1, 0.15) is 6.10 Å². The summed E-state index contributed by atoms with van der Waals surface area (Å²) in [6, 6.07) is 0. The average molecular weight is 333 g/mol. The Morgan fingerprint density at radius 1 is 1.46 bits per heavy atom. The van der Waals surface area contributed by atoms with Gasteiger partial charge in [0.05, 0.1) is 13.2 Å². The van der Waals surface area contributed by atoms with Crippen molar-refractivity contribution in [3.8, 4) is 0 Å². The van der Waals surface area contributed by atoms with Gasteiger partial charge in [0, 0.05) is 38.6 Å². The van der Waals surface area contributed by atoms with E-state index in [1.54, 1.807) is 0 Å². The summed E-state index contributed by atoms with van der Waals surface area (Å²) < 4.78 is 11.3. The van der Waals surface area contributed by atoms with E-state index in [1.807, 2.05) is 31.4 Å². The first kappa shape index (κ1) is 17.3. The van der Waals surface area contributed by atoms with Crippen molar-refractivity contribution in [1.29, 1.82) is 0 Å². The van der Waals surface area contributed by atoms with E-state index < -0.39 is 0 Å². The van der Waals surface area contributed by atoms with Crippen LogP contribution in [0.1, 0.15) is 29.5 Å². The van der Waals surface area contributed by atoms with Gasteiger partial charge in [-0.3, -0.25) is 9.78 Å². The average Bonchev–Trinajstić information content (AvgIpc) is 3.12. The zero-order valence-corrected chi connectivity index (χ0v) is 14.7. The van der Waals surface area contributed by atoms with Gasteiger partial charge in [-0.25, -0.2) is 0 Å². The Morgan fingerprint density at radius 3 is 3.08 bits per heavy atom. The van der Waals surface area contributed by atoms with E-state index in [0.29, 0.717) is 26.4 Å². The molecule has 3 rings (SSSR count). The second-order valence-corrected chi connectivity index (χ2v) is 6.80. The Kier molecular flexibility index (Phi) is 5.81. The minimum atomic E-state index is -0.239. The fraction of sp³-hybridized carbons (Fsp3) is 0.667. The van der Waals surface area contributed by atoms with Gasteiger partial charge in [-0.2, -0.15) is 0 Å². The molecule has 0 aliphatic carbocycles. The highest BCUT2D eigenvalue weighted by atomic mass is 16.5. The molecule has 132 valence electrons. The van der Waals surface area contributed by atoms with Crippen LogP contribution in [0.15, 0.2) is 12.4 Å². The molecule has 0 bridgehead atoms. The number of likely N-dealkylation sites (N-methyl/N-ethyl adjacent to an activating group) is 1. The summed E-state index contributed by atoms with van der Waals surface area (Å²) in [4.78, 5) is 20.9. The second kappa shape index (κ2) is 8.05. The van der Waals surface area contributed by atoms with Gasteiger partial charge in [-0.05, 0) is 50.0 Å². The fourth-order valence-corrected chi connectivity index (χ4v) is 3.29. The Bertz CT molecular complexity index is 571. The number of hydrogen-bond acceptors (Lipinski definition) is 5. The summed E-state index contributed by atoms with van der Waals surface area (Å²) in [5, 5.41) is 0. The van der Waals surface area contributed by atoms with Gasteiger partial charge in [0.2, 0.25) is 0 Å². The van der Waals surface area contributed by atoms with Gasteiger partial charge in [0.15, 0.2) is 0 Å². The molecule has 2 aliphatic rings. The van der Waals surface area contributed by atoms with E-state index >= 15 is 0 Å². The maximum absolute atomic E-state index is 12.5. The van der Waals surface area contributed by atoms with Gasteiger partial charge in [-0.1, -0.05) is 0 Å². The molecular formula is C18H27N3O3. The lowest BCUT2D eigenvalue weighted by atomic mass is 9.97. The normalized spacial score (nSPS) is 20.5. The molecular weight excluding hydrogens is 306 g/mol. The third-order valence-electron chi connectivity index (χ3n) is 4.69. The van der Waals surface area contributed by atoms with Gasteiger partial charge >= 0.3 is 0 Å². The summed E-state index contributed by atoms with van der Waals surface area (Å²) in [5.74, 6) is 0.130. The van der Waals surface area contributed by atoms with Crippen molar-refractivity contribution in [2.24, 2.45) is 0 Å². The van der Waals surface area contributed by atoms with E-state index in [9.17, 15) is 4.79 Å². The molecule has 3 heterocycles. The van der Waals surface area contributed by atoms with Crippen molar-refractivity contribution in [3.05, 3.63) is 29.1 Å². The third kappa shape index (κ3) is 4.12. The first-order valence-corrected chi connectivity index (χ1v) is 8.72. The van der Waals surface area contributed by atoms with Crippen LogP contribution in [0.3, 0.4) is 0 Å². The standard InChI is InChI=1S/C18H27N3O3/c1-20(2)7-9-23-13-15-11-19-10-14-12-21(6-5-16(14)15)18(22)17-4-3-8-24-17/h10-11,17H,3-9,12-13H2,1-2H3/t17-/m0/s1. The van der Waals surface area contributed by atoms with Gasteiger partial charge < -0.3 is 19.3 Å². The van der Waals surface area contributed by atoms with Gasteiger partial charge in [-0.15, -0.1) is 0 Å². The zero-order valence-electron chi connectivity index (χ0n) is 14.7. The predicted octanol–water partition coefficient (Wildman–Crippen LogP) is 1.22. The van der Waals surface area contributed by atoms with Crippen LogP contribution in [-0.2, 0) is 33.8 Å². The molecule has 0 radical (unpaired) electrons. The number of hydrogen-bond donors (Lipinski definition) is 0. The van der Waals surface area contributed by atoms with Crippen LogP contribution in [0.25, 0.3) is 0 Å². The van der Waals surface area contributed by atoms with Crippen LogP contribution in [0.2, 0.25) is 0 Å². The molecule has 0 saturated carbocycles. The number of amides is 1. The summed E-state index contributed by atoms with van der Waals surface area (Å²) in [6.45, 7) is 4.29. The number of carbonyl (C=O) groups is 1. The monoisotopic (exact) mass is 333 g/mol. The molecule has 0 N–H and O–H groups in total. The Morgan fingerprint density at radius 2 is 2.33 bits per heavy atom. The molecule has 0 aromatic carbocycles. The fourth-order valence-electron chi connectivity index (χ4n) is 3.29. The Labute approximate surface area is 143 Å². The number of ether oxygens (including phenoxy) is 2. The molecule has 2 aliphatic heterocycles. The molecule has 0 spiro atoms. The number of carbonyl (C=O) groups excluding carboxylic acids is 1. The highest BCUT2D eigenvalue weighted by molar-refractivity contribution is 5.81. The van der Waals surface area contributed by atoms with Crippen molar-refractivity contribution in [2.45, 2.75) is 38.5 Å². The highest BCUT2D eigenvalue weighted by Gasteiger charge is 2.30. The Balaban J connectivity index is 1.60. The smallest absolute Gasteiger partial charge is 0.252 e. The van der Waals surface area contributed by atoms with Gasteiger partial charge in [0.25, 0.3) is 5.91 Å². The molecule has 1 amide bonds. The third-order valence-corrected chi connectivity index (χ3v) is 4.69. The number of rotatable bonds is 6. The molecule has 1 fully saturated rings. The SMILES string of the molecule is CN(C)CCOCc1cncc2c1CCN(C(=O)[C@@H]1CCCO1)C2. The first-order chi connectivity index (χ1) is 11.6. The lowest BCUT2D eigenvalue weighted by molar-refractivity contribution is -0.141. The molecule has 6 heteroatoms. The quantitative estimate of drug-likeness (QED) is 0.733. The maximum Gasteiger partial charge on any atom is 0.252 e. The van der Waals surface area contributed by atoms with Crippen molar-refractivity contribution in [2.75, 3.05) is 40.4 Å². The number of fused-ring (bicyclic) bond motifs is 1. The van der Waals surface area contributed by atoms with Crippen LogP contribution < -0.4 is 0 Å². The largest absolute Gasteiger partial charge is 0.375 e. The van der Waals surface area contributed by atoms with Crippen LogP contribution in [0.4, 0.5) is 0 Å². The number of pyridine rings is 1.